The van der Waals surface area contributed by atoms with Gasteiger partial charge in [-0.15, -0.1) is 0 Å². The van der Waals surface area contributed by atoms with E-state index in [0.29, 0.717) is 18.1 Å². The van der Waals surface area contributed by atoms with Crippen LogP contribution in [0.2, 0.25) is 5.02 Å². The number of halogens is 1. The van der Waals surface area contributed by atoms with Crippen LogP contribution in [0.25, 0.3) is 10.9 Å². The molecule has 0 unspecified atom stereocenters. The summed E-state index contributed by atoms with van der Waals surface area (Å²) in [4.78, 5) is 6.59. The van der Waals surface area contributed by atoms with Crippen LogP contribution in [0.15, 0.2) is 24.3 Å². The number of aryl methyl sites for hydroxylation is 1. The zero-order chi connectivity index (χ0) is 18.4. The second-order valence-corrected chi connectivity index (χ2v) is 9.42. The zero-order valence-corrected chi connectivity index (χ0v) is 16.0. The molecular weight excluding hydrogens is 362 g/mol. The minimum atomic E-state index is -3.36. The van der Waals surface area contributed by atoms with Crippen LogP contribution >= 0.6 is 11.6 Å². The highest BCUT2D eigenvalue weighted by atomic mass is 35.5. The monoisotopic (exact) mass is 383 g/mol. The number of fused-ring (bicyclic) bond motifs is 1. The van der Waals surface area contributed by atoms with E-state index in [1.165, 1.54) is 18.4 Å². The summed E-state index contributed by atoms with van der Waals surface area (Å²) in [5.74, 6) is 0.316. The summed E-state index contributed by atoms with van der Waals surface area (Å²) in [5, 5.41) is 12.0. The smallest absolute Gasteiger partial charge is 0.214 e. The lowest BCUT2D eigenvalue weighted by Crippen LogP contribution is -2.33. The van der Waals surface area contributed by atoms with Crippen molar-refractivity contribution >= 4 is 38.3 Å². The molecule has 2 aromatic rings. The fourth-order valence-electron chi connectivity index (χ4n) is 3.14. The molecule has 1 saturated heterocycles. The zero-order valence-electron chi connectivity index (χ0n) is 14.5. The summed E-state index contributed by atoms with van der Waals surface area (Å²) < 4.78 is 25.4. The summed E-state index contributed by atoms with van der Waals surface area (Å²) in [6.45, 7) is 2.82. The quantitative estimate of drug-likeness (QED) is 0.872. The highest BCUT2D eigenvalue weighted by molar-refractivity contribution is 7.89. The third kappa shape index (κ3) is 3.74. The Morgan fingerprint density at radius 1 is 1.32 bits per heavy atom. The minimum absolute atomic E-state index is 0.0734. The van der Waals surface area contributed by atoms with Gasteiger partial charge in [-0.05, 0) is 30.7 Å². The van der Waals surface area contributed by atoms with Crippen LogP contribution < -0.4 is 4.90 Å². The SMILES string of the molecule is Cc1cc(N2C[C@@H](CS(=O)(=O)N(C)C)[C@@H](O)C2)nc2cc(Cl)ccc12. The molecule has 0 spiro atoms. The van der Waals surface area contributed by atoms with Crippen LogP contribution in [0.1, 0.15) is 5.56 Å². The topological polar surface area (TPSA) is 73.7 Å². The number of rotatable bonds is 4. The summed E-state index contributed by atoms with van der Waals surface area (Å²) in [6, 6.07) is 7.55. The minimum Gasteiger partial charge on any atom is -0.391 e. The van der Waals surface area contributed by atoms with Gasteiger partial charge in [0.05, 0.1) is 17.4 Å². The van der Waals surface area contributed by atoms with E-state index < -0.39 is 16.1 Å². The first-order valence-electron chi connectivity index (χ1n) is 8.07. The van der Waals surface area contributed by atoms with Crippen molar-refractivity contribution in [1.29, 1.82) is 0 Å². The first-order valence-corrected chi connectivity index (χ1v) is 10.1. The molecule has 3 rings (SSSR count). The number of anilines is 1. The number of aromatic nitrogens is 1. The van der Waals surface area contributed by atoms with Crippen LogP contribution in [0, 0.1) is 12.8 Å². The largest absolute Gasteiger partial charge is 0.391 e. The number of aliphatic hydroxyl groups is 1. The van der Waals surface area contributed by atoms with E-state index in [2.05, 4.69) is 4.98 Å². The lowest BCUT2D eigenvalue weighted by atomic mass is 10.1. The molecule has 1 N–H and O–H groups in total. The molecule has 1 aliphatic rings. The lowest BCUT2D eigenvalue weighted by molar-refractivity contribution is 0.157. The first-order chi connectivity index (χ1) is 11.7. The predicted octanol–water partition coefficient (Wildman–Crippen LogP) is 1.89. The molecule has 6 nitrogen and oxygen atoms in total. The van der Waals surface area contributed by atoms with Gasteiger partial charge in [0.25, 0.3) is 0 Å². The van der Waals surface area contributed by atoms with Crippen LogP contribution in [0.3, 0.4) is 0 Å². The molecule has 2 heterocycles. The molecule has 1 aliphatic heterocycles. The maximum absolute atomic E-state index is 12.1. The van der Waals surface area contributed by atoms with E-state index in [1.54, 1.807) is 0 Å². The van der Waals surface area contributed by atoms with E-state index in [1.807, 2.05) is 36.1 Å². The van der Waals surface area contributed by atoms with E-state index in [4.69, 9.17) is 11.6 Å². The Hall–Kier alpha value is -1.41. The molecule has 0 amide bonds. The maximum atomic E-state index is 12.1. The van der Waals surface area contributed by atoms with Crippen LogP contribution in [0.4, 0.5) is 5.82 Å². The molecular formula is C17H22ClN3O3S. The number of pyridine rings is 1. The van der Waals surface area contributed by atoms with Crippen molar-refractivity contribution < 1.29 is 13.5 Å². The standard InChI is InChI=1S/C17H22ClN3O3S/c1-11-6-17(19-15-7-13(18)4-5-14(11)15)21-8-12(16(22)9-21)10-25(23,24)20(2)3/h4-7,12,16,22H,8-10H2,1-3H3/t12-,16-/m0/s1. The Kier molecular flexibility index (Phi) is 4.94. The summed E-state index contributed by atoms with van der Waals surface area (Å²) in [5.41, 5.74) is 1.86. The first kappa shape index (κ1) is 18.4. The molecule has 136 valence electrons. The van der Waals surface area contributed by atoms with Gasteiger partial charge in [-0.25, -0.2) is 17.7 Å². The Labute approximate surface area is 153 Å². The van der Waals surface area contributed by atoms with Crippen molar-refractivity contribution in [2.75, 3.05) is 37.8 Å². The molecule has 2 atom stereocenters. The van der Waals surface area contributed by atoms with Gasteiger partial charge in [0.2, 0.25) is 10.0 Å². The third-order valence-electron chi connectivity index (χ3n) is 4.68. The van der Waals surface area contributed by atoms with Crippen molar-refractivity contribution in [2.45, 2.75) is 13.0 Å². The Morgan fingerprint density at radius 3 is 2.72 bits per heavy atom. The average Bonchev–Trinajstić information content (AvgIpc) is 2.87. The van der Waals surface area contributed by atoms with Crippen molar-refractivity contribution in [3.63, 3.8) is 0 Å². The van der Waals surface area contributed by atoms with E-state index in [0.717, 1.165) is 22.3 Å². The number of hydrogen-bond donors (Lipinski definition) is 1. The predicted molar refractivity (Wildman–Crippen MR) is 101 cm³/mol. The van der Waals surface area contributed by atoms with E-state index in [-0.39, 0.29) is 11.7 Å². The van der Waals surface area contributed by atoms with E-state index >= 15 is 0 Å². The number of β-amino-alcohol motifs (C(OH)–C–C–N with tert-alkyl or cyclic N) is 1. The van der Waals surface area contributed by atoms with Gasteiger partial charge in [-0.2, -0.15) is 0 Å². The second kappa shape index (κ2) is 6.72. The molecule has 0 saturated carbocycles. The Balaban J connectivity index is 1.87. The number of hydrogen-bond acceptors (Lipinski definition) is 5. The number of nitrogens with zero attached hydrogens (tertiary/aromatic N) is 3. The van der Waals surface area contributed by atoms with Gasteiger partial charge in [-0.1, -0.05) is 17.7 Å². The van der Waals surface area contributed by atoms with Crippen molar-refractivity contribution in [1.82, 2.24) is 9.29 Å². The maximum Gasteiger partial charge on any atom is 0.214 e. The average molecular weight is 384 g/mol. The van der Waals surface area contributed by atoms with E-state index in [9.17, 15) is 13.5 Å². The third-order valence-corrected chi connectivity index (χ3v) is 6.87. The highest BCUT2D eigenvalue weighted by Crippen LogP contribution is 2.29. The molecule has 1 aromatic carbocycles. The second-order valence-electron chi connectivity index (χ2n) is 6.75. The molecule has 0 radical (unpaired) electrons. The number of aliphatic hydroxyl groups excluding tert-OH is 1. The molecule has 1 fully saturated rings. The number of benzene rings is 1. The Bertz CT molecular complexity index is 901. The van der Waals surface area contributed by atoms with Crippen molar-refractivity contribution in [3.05, 3.63) is 34.9 Å². The fourth-order valence-corrected chi connectivity index (χ4v) is 4.48. The van der Waals surface area contributed by atoms with Gasteiger partial charge < -0.3 is 10.0 Å². The Morgan fingerprint density at radius 2 is 2.04 bits per heavy atom. The van der Waals surface area contributed by atoms with Crippen LogP contribution in [-0.4, -0.2) is 61.9 Å². The molecule has 0 aliphatic carbocycles. The fraction of sp³-hybridized carbons (Fsp3) is 0.471. The lowest BCUT2D eigenvalue weighted by Gasteiger charge is -2.19. The summed E-state index contributed by atoms with van der Waals surface area (Å²) in [6.07, 6.45) is -0.702. The summed E-state index contributed by atoms with van der Waals surface area (Å²) in [7, 11) is -0.347. The molecule has 8 heteroatoms. The van der Waals surface area contributed by atoms with Gasteiger partial charge >= 0.3 is 0 Å². The molecule has 25 heavy (non-hydrogen) atoms. The van der Waals surface area contributed by atoms with Crippen LogP contribution in [0.5, 0.6) is 0 Å². The summed E-state index contributed by atoms with van der Waals surface area (Å²) >= 11 is 6.07. The van der Waals surface area contributed by atoms with Crippen molar-refractivity contribution in [3.8, 4) is 0 Å². The van der Waals surface area contributed by atoms with Gasteiger partial charge in [0.15, 0.2) is 0 Å². The van der Waals surface area contributed by atoms with Gasteiger partial charge in [-0.3, -0.25) is 0 Å². The van der Waals surface area contributed by atoms with Crippen LogP contribution in [-0.2, 0) is 10.0 Å². The van der Waals surface area contributed by atoms with Gasteiger partial charge in [0.1, 0.15) is 5.82 Å². The normalized spacial score (nSPS) is 21.4. The molecule has 0 bridgehead atoms. The highest BCUT2D eigenvalue weighted by Gasteiger charge is 2.36. The molecule has 1 aromatic heterocycles. The van der Waals surface area contributed by atoms with Gasteiger partial charge in [0, 0.05) is 43.5 Å². The number of sulfonamides is 1. The van der Waals surface area contributed by atoms with Crippen molar-refractivity contribution in [2.24, 2.45) is 5.92 Å².